The van der Waals surface area contributed by atoms with Crippen molar-refractivity contribution < 1.29 is 13.2 Å². The molecule has 0 radical (unpaired) electrons. The van der Waals surface area contributed by atoms with E-state index in [1.807, 2.05) is 30.3 Å². The average Bonchev–Trinajstić information content (AvgIpc) is 2.64. The second-order valence-electron chi connectivity index (χ2n) is 6.45. The molecule has 26 heavy (non-hydrogen) atoms. The molecule has 3 rings (SSSR count). The molecule has 2 aromatic rings. The summed E-state index contributed by atoms with van der Waals surface area (Å²) in [5.74, 6) is -0.0492. The zero-order valence-corrected chi connectivity index (χ0v) is 15.7. The Bertz CT molecular complexity index is 869. The number of benzene rings is 1. The van der Waals surface area contributed by atoms with Gasteiger partial charge in [-0.1, -0.05) is 24.3 Å². The molecule has 6 nitrogen and oxygen atoms in total. The summed E-state index contributed by atoms with van der Waals surface area (Å²) in [4.78, 5) is 18.7. The number of amides is 1. The molecule has 1 aromatic carbocycles. The van der Waals surface area contributed by atoms with Gasteiger partial charge in [-0.15, -0.1) is 0 Å². The first-order valence-electron chi connectivity index (χ1n) is 8.68. The lowest BCUT2D eigenvalue weighted by atomic mass is 10.0. The van der Waals surface area contributed by atoms with Crippen LogP contribution in [0.25, 0.3) is 0 Å². The van der Waals surface area contributed by atoms with Crippen molar-refractivity contribution in [2.75, 3.05) is 24.2 Å². The first-order valence-corrected chi connectivity index (χ1v) is 10.5. The number of pyridine rings is 1. The second kappa shape index (κ2) is 7.97. The van der Waals surface area contributed by atoms with Gasteiger partial charge in [0.05, 0.1) is 18.5 Å². The van der Waals surface area contributed by atoms with E-state index >= 15 is 0 Å². The minimum Gasteiger partial charge on any atom is -0.312 e. The van der Waals surface area contributed by atoms with Gasteiger partial charge in [0, 0.05) is 31.4 Å². The van der Waals surface area contributed by atoms with Gasteiger partial charge in [-0.2, -0.15) is 4.31 Å². The molecule has 1 amide bonds. The monoisotopic (exact) mass is 373 g/mol. The van der Waals surface area contributed by atoms with Crippen LogP contribution in [-0.2, 0) is 27.8 Å². The molecule has 0 spiro atoms. The SMILES string of the molecule is CS(=O)(=O)N(CCC(=O)N1CCCc2ccccc21)Cc1ccccn1. The van der Waals surface area contributed by atoms with Gasteiger partial charge in [-0.05, 0) is 36.6 Å². The number of nitrogens with zero attached hydrogens (tertiary/aromatic N) is 3. The maximum atomic E-state index is 12.7. The van der Waals surface area contributed by atoms with Gasteiger partial charge in [0.2, 0.25) is 15.9 Å². The Morgan fingerprint density at radius 1 is 1.19 bits per heavy atom. The first-order chi connectivity index (χ1) is 12.4. The fourth-order valence-electron chi connectivity index (χ4n) is 3.18. The Labute approximate surface area is 154 Å². The van der Waals surface area contributed by atoms with Crippen LogP contribution in [0.1, 0.15) is 24.1 Å². The fourth-order valence-corrected chi connectivity index (χ4v) is 3.97. The highest BCUT2D eigenvalue weighted by Gasteiger charge is 2.24. The molecular formula is C19H23N3O3S. The van der Waals surface area contributed by atoms with Gasteiger partial charge in [0.25, 0.3) is 0 Å². The number of hydrogen-bond donors (Lipinski definition) is 0. The number of sulfonamides is 1. The molecule has 0 fully saturated rings. The van der Waals surface area contributed by atoms with E-state index in [1.165, 1.54) is 9.87 Å². The van der Waals surface area contributed by atoms with E-state index in [9.17, 15) is 13.2 Å². The third kappa shape index (κ3) is 4.47. The zero-order chi connectivity index (χ0) is 18.6. The minimum absolute atomic E-state index is 0.0492. The molecule has 0 bridgehead atoms. The molecule has 0 saturated heterocycles. The molecular weight excluding hydrogens is 350 g/mol. The van der Waals surface area contributed by atoms with Crippen LogP contribution in [0.15, 0.2) is 48.7 Å². The van der Waals surface area contributed by atoms with E-state index in [2.05, 4.69) is 4.98 Å². The number of para-hydroxylation sites is 1. The Morgan fingerprint density at radius 2 is 1.96 bits per heavy atom. The van der Waals surface area contributed by atoms with Crippen LogP contribution in [0.3, 0.4) is 0 Å². The normalized spacial score (nSPS) is 14.3. The van der Waals surface area contributed by atoms with E-state index in [0.29, 0.717) is 12.2 Å². The molecule has 1 aliphatic rings. The largest absolute Gasteiger partial charge is 0.312 e. The number of anilines is 1. The summed E-state index contributed by atoms with van der Waals surface area (Å²) in [6, 6.07) is 13.3. The highest BCUT2D eigenvalue weighted by Crippen LogP contribution is 2.27. The summed E-state index contributed by atoms with van der Waals surface area (Å²) in [5, 5.41) is 0. The number of fused-ring (bicyclic) bond motifs is 1. The molecule has 1 aromatic heterocycles. The molecule has 2 heterocycles. The average molecular weight is 373 g/mol. The van der Waals surface area contributed by atoms with Crippen molar-refractivity contribution in [1.82, 2.24) is 9.29 Å². The maximum Gasteiger partial charge on any atom is 0.228 e. The second-order valence-corrected chi connectivity index (χ2v) is 8.43. The standard InChI is InChI=1S/C19H23N3O3S/c1-26(24,25)21(15-17-9-4-5-12-20-17)14-11-19(23)22-13-6-8-16-7-2-3-10-18(16)22/h2-5,7,9-10,12H,6,8,11,13-15H2,1H3. The van der Waals surface area contributed by atoms with Gasteiger partial charge in [-0.3, -0.25) is 9.78 Å². The van der Waals surface area contributed by atoms with Crippen molar-refractivity contribution in [2.24, 2.45) is 0 Å². The van der Waals surface area contributed by atoms with Gasteiger partial charge in [0.15, 0.2) is 0 Å². The highest BCUT2D eigenvalue weighted by atomic mass is 32.2. The van der Waals surface area contributed by atoms with Crippen molar-refractivity contribution in [3.05, 3.63) is 59.9 Å². The number of carbonyl (C=O) groups excluding carboxylic acids is 1. The molecule has 0 N–H and O–H groups in total. The van der Waals surface area contributed by atoms with Crippen molar-refractivity contribution in [1.29, 1.82) is 0 Å². The van der Waals surface area contributed by atoms with Gasteiger partial charge >= 0.3 is 0 Å². The summed E-state index contributed by atoms with van der Waals surface area (Å²) in [5.41, 5.74) is 2.77. The Hall–Kier alpha value is -2.25. The predicted molar refractivity (Wildman–Crippen MR) is 101 cm³/mol. The number of aryl methyl sites for hydroxylation is 1. The van der Waals surface area contributed by atoms with Crippen molar-refractivity contribution in [3.63, 3.8) is 0 Å². The zero-order valence-electron chi connectivity index (χ0n) is 14.8. The molecule has 0 saturated carbocycles. The van der Waals surface area contributed by atoms with Crippen molar-refractivity contribution in [2.45, 2.75) is 25.8 Å². The smallest absolute Gasteiger partial charge is 0.228 e. The summed E-state index contributed by atoms with van der Waals surface area (Å²) in [6.07, 6.45) is 4.83. The van der Waals surface area contributed by atoms with Gasteiger partial charge in [-0.25, -0.2) is 8.42 Å². The minimum atomic E-state index is -3.43. The summed E-state index contributed by atoms with van der Waals surface area (Å²) in [6.45, 7) is 0.991. The molecule has 138 valence electrons. The van der Waals surface area contributed by atoms with E-state index in [4.69, 9.17) is 0 Å². The quantitative estimate of drug-likeness (QED) is 0.778. The predicted octanol–water partition coefficient (Wildman–Crippen LogP) is 2.21. The first kappa shape index (κ1) is 18.5. The fraction of sp³-hybridized carbons (Fsp3) is 0.368. The van der Waals surface area contributed by atoms with Crippen molar-refractivity contribution in [3.8, 4) is 0 Å². The molecule has 0 unspecified atom stereocenters. The Balaban J connectivity index is 1.69. The molecule has 1 aliphatic heterocycles. The third-order valence-corrected chi connectivity index (χ3v) is 5.77. The summed E-state index contributed by atoms with van der Waals surface area (Å²) < 4.78 is 25.5. The summed E-state index contributed by atoms with van der Waals surface area (Å²) >= 11 is 0. The van der Waals surface area contributed by atoms with Crippen LogP contribution >= 0.6 is 0 Å². The van der Waals surface area contributed by atoms with Crippen LogP contribution < -0.4 is 4.90 Å². The van der Waals surface area contributed by atoms with Crippen molar-refractivity contribution >= 4 is 21.6 Å². The lowest BCUT2D eigenvalue weighted by Crippen LogP contribution is -2.39. The van der Waals surface area contributed by atoms with Crippen LogP contribution in [0.5, 0.6) is 0 Å². The van der Waals surface area contributed by atoms with E-state index in [1.54, 1.807) is 23.2 Å². The van der Waals surface area contributed by atoms with Crippen LogP contribution in [0.2, 0.25) is 0 Å². The molecule has 0 atom stereocenters. The van der Waals surface area contributed by atoms with Crippen LogP contribution in [0, 0.1) is 0 Å². The topological polar surface area (TPSA) is 70.6 Å². The number of hydrogen-bond acceptors (Lipinski definition) is 4. The molecule has 7 heteroatoms. The van der Waals surface area contributed by atoms with E-state index in [-0.39, 0.29) is 25.4 Å². The third-order valence-electron chi connectivity index (χ3n) is 4.52. The highest BCUT2D eigenvalue weighted by molar-refractivity contribution is 7.88. The molecule has 0 aliphatic carbocycles. The number of carbonyl (C=O) groups is 1. The maximum absolute atomic E-state index is 12.7. The van der Waals surface area contributed by atoms with E-state index < -0.39 is 10.0 Å². The lowest BCUT2D eigenvalue weighted by Gasteiger charge is -2.30. The van der Waals surface area contributed by atoms with Gasteiger partial charge in [0.1, 0.15) is 0 Å². The van der Waals surface area contributed by atoms with Crippen LogP contribution in [0.4, 0.5) is 5.69 Å². The number of aromatic nitrogens is 1. The lowest BCUT2D eigenvalue weighted by molar-refractivity contribution is -0.118. The number of rotatable bonds is 6. The Morgan fingerprint density at radius 3 is 2.69 bits per heavy atom. The van der Waals surface area contributed by atoms with Crippen LogP contribution in [-0.4, -0.2) is 43.0 Å². The summed E-state index contributed by atoms with van der Waals surface area (Å²) in [7, 11) is -3.43. The Kier molecular flexibility index (Phi) is 5.68. The van der Waals surface area contributed by atoms with Gasteiger partial charge < -0.3 is 4.90 Å². The van der Waals surface area contributed by atoms with E-state index in [0.717, 1.165) is 24.8 Å².